The van der Waals surface area contributed by atoms with Crippen molar-refractivity contribution in [1.82, 2.24) is 0 Å². The summed E-state index contributed by atoms with van der Waals surface area (Å²) in [6, 6.07) is 5.71. The lowest BCUT2D eigenvalue weighted by Gasteiger charge is -2.04. The van der Waals surface area contributed by atoms with Crippen LogP contribution in [0.5, 0.6) is 0 Å². The summed E-state index contributed by atoms with van der Waals surface area (Å²) in [5.74, 6) is 0.735. The molecule has 1 rings (SSSR count). The molecule has 0 saturated heterocycles. The zero-order valence-corrected chi connectivity index (χ0v) is 15.8. The van der Waals surface area contributed by atoms with Crippen LogP contribution in [0.15, 0.2) is 23.2 Å². The van der Waals surface area contributed by atoms with E-state index in [0.29, 0.717) is 10.0 Å². The third-order valence-corrected chi connectivity index (χ3v) is 4.72. The van der Waals surface area contributed by atoms with Gasteiger partial charge in [-0.25, -0.2) is 0 Å². The molecule has 0 saturated carbocycles. The molecule has 2 nitrogen and oxygen atoms in total. The van der Waals surface area contributed by atoms with Gasteiger partial charge in [0.15, 0.2) is 0 Å². The van der Waals surface area contributed by atoms with E-state index >= 15 is 0 Å². The van der Waals surface area contributed by atoms with Gasteiger partial charge >= 0.3 is 0 Å². The van der Waals surface area contributed by atoms with Crippen molar-refractivity contribution in [2.45, 2.75) is 71.1 Å². The van der Waals surface area contributed by atoms with Crippen molar-refractivity contribution in [3.8, 4) is 0 Å². The Morgan fingerprint density at radius 1 is 0.957 bits per heavy atom. The number of benzene rings is 1. The Balaban J connectivity index is 2.09. The monoisotopic (exact) mass is 356 g/mol. The molecule has 0 aliphatic carbocycles. The van der Waals surface area contributed by atoms with Gasteiger partial charge in [0.05, 0.1) is 15.9 Å². The second-order valence-electron chi connectivity index (χ2n) is 6.10. The van der Waals surface area contributed by atoms with Crippen LogP contribution in [0.1, 0.15) is 70.3 Å². The number of hydrogen-bond donors (Lipinski definition) is 1. The van der Waals surface area contributed by atoms with E-state index in [9.17, 15) is 0 Å². The number of nitrogens with two attached hydrogens (primary N) is 1. The number of aliphatic imine (C=N–C) groups is 1. The lowest BCUT2D eigenvalue weighted by Crippen LogP contribution is -2.13. The first kappa shape index (κ1) is 20.3. The Morgan fingerprint density at radius 2 is 1.61 bits per heavy atom. The SMILES string of the molecule is CCCCCCCCCCN=C(N)CCc1ccc(Cl)c(Cl)c1. The minimum absolute atomic E-state index is 0.590. The van der Waals surface area contributed by atoms with Gasteiger partial charge in [-0.3, -0.25) is 4.99 Å². The lowest BCUT2D eigenvalue weighted by molar-refractivity contribution is 0.578. The molecule has 130 valence electrons. The normalized spacial score (nSPS) is 11.9. The molecule has 0 amide bonds. The van der Waals surface area contributed by atoms with Crippen LogP contribution in [0, 0.1) is 0 Å². The third kappa shape index (κ3) is 9.88. The zero-order valence-electron chi connectivity index (χ0n) is 14.3. The number of halogens is 2. The summed E-state index contributed by atoms with van der Waals surface area (Å²) in [6.45, 7) is 3.10. The van der Waals surface area contributed by atoms with Gasteiger partial charge in [-0.2, -0.15) is 0 Å². The van der Waals surface area contributed by atoms with E-state index in [1.807, 2.05) is 18.2 Å². The quantitative estimate of drug-likeness (QED) is 0.261. The van der Waals surface area contributed by atoms with E-state index in [2.05, 4.69) is 11.9 Å². The van der Waals surface area contributed by atoms with Gasteiger partial charge in [0.25, 0.3) is 0 Å². The van der Waals surface area contributed by atoms with E-state index in [1.165, 1.54) is 44.9 Å². The molecule has 0 radical (unpaired) electrons. The highest BCUT2D eigenvalue weighted by Gasteiger charge is 2.01. The Morgan fingerprint density at radius 3 is 2.26 bits per heavy atom. The molecule has 1 aromatic carbocycles. The van der Waals surface area contributed by atoms with Crippen molar-refractivity contribution < 1.29 is 0 Å². The largest absolute Gasteiger partial charge is 0.387 e. The molecule has 0 aromatic heterocycles. The van der Waals surface area contributed by atoms with Crippen LogP contribution < -0.4 is 5.73 Å². The molecule has 1 aromatic rings. The molecule has 0 spiro atoms. The van der Waals surface area contributed by atoms with Crippen LogP contribution in [0.4, 0.5) is 0 Å². The van der Waals surface area contributed by atoms with Gasteiger partial charge in [0, 0.05) is 13.0 Å². The average molecular weight is 357 g/mol. The standard InChI is InChI=1S/C19H30Cl2N2/c1-2-3-4-5-6-7-8-9-14-23-19(22)13-11-16-10-12-17(20)18(21)15-16/h10,12,15H,2-9,11,13-14H2,1H3,(H2,22,23). The van der Waals surface area contributed by atoms with E-state index in [1.54, 1.807) is 0 Å². The van der Waals surface area contributed by atoms with Crippen LogP contribution in [0.2, 0.25) is 10.0 Å². The van der Waals surface area contributed by atoms with Crippen molar-refractivity contribution in [1.29, 1.82) is 0 Å². The van der Waals surface area contributed by atoms with Crippen LogP contribution in [0.3, 0.4) is 0 Å². The molecule has 0 atom stereocenters. The fourth-order valence-electron chi connectivity index (χ4n) is 2.51. The maximum absolute atomic E-state index is 6.01. The zero-order chi connectivity index (χ0) is 16.9. The Hall–Kier alpha value is -0.730. The fraction of sp³-hybridized carbons (Fsp3) is 0.632. The summed E-state index contributed by atoms with van der Waals surface area (Å²) in [6.07, 6.45) is 12.2. The third-order valence-electron chi connectivity index (χ3n) is 3.98. The second kappa shape index (κ2) is 12.7. The molecule has 0 bridgehead atoms. The molecule has 0 aliphatic rings. The van der Waals surface area contributed by atoms with Gasteiger partial charge < -0.3 is 5.73 Å². The van der Waals surface area contributed by atoms with Gasteiger partial charge in [0.1, 0.15) is 0 Å². The number of aryl methyl sites for hydroxylation is 1. The average Bonchev–Trinajstić information content (AvgIpc) is 2.54. The summed E-state index contributed by atoms with van der Waals surface area (Å²) >= 11 is 11.9. The van der Waals surface area contributed by atoms with Crippen molar-refractivity contribution in [3.63, 3.8) is 0 Å². The van der Waals surface area contributed by atoms with E-state index in [-0.39, 0.29) is 0 Å². The Bertz CT molecular complexity index is 472. The molecule has 0 fully saturated rings. The number of rotatable bonds is 12. The second-order valence-corrected chi connectivity index (χ2v) is 6.91. The molecular weight excluding hydrogens is 327 g/mol. The van der Waals surface area contributed by atoms with Crippen LogP contribution in [0.25, 0.3) is 0 Å². The Labute approximate surface area is 151 Å². The van der Waals surface area contributed by atoms with E-state index in [4.69, 9.17) is 28.9 Å². The smallest absolute Gasteiger partial charge is 0.0940 e. The maximum Gasteiger partial charge on any atom is 0.0940 e. The van der Waals surface area contributed by atoms with E-state index in [0.717, 1.165) is 37.2 Å². The highest BCUT2D eigenvalue weighted by Crippen LogP contribution is 2.23. The van der Waals surface area contributed by atoms with Crippen molar-refractivity contribution in [3.05, 3.63) is 33.8 Å². The summed E-state index contributed by atoms with van der Waals surface area (Å²) in [5.41, 5.74) is 7.12. The molecule has 0 aliphatic heterocycles. The first-order valence-electron chi connectivity index (χ1n) is 8.86. The molecular formula is C19H30Cl2N2. The van der Waals surface area contributed by atoms with Crippen molar-refractivity contribution in [2.24, 2.45) is 10.7 Å². The van der Waals surface area contributed by atoms with Crippen molar-refractivity contribution >= 4 is 29.0 Å². The molecule has 0 heterocycles. The summed E-state index contributed by atoms with van der Waals surface area (Å²) in [4.78, 5) is 4.46. The first-order chi connectivity index (χ1) is 11.1. The number of amidine groups is 1. The van der Waals surface area contributed by atoms with Gasteiger partial charge in [-0.15, -0.1) is 0 Å². The highest BCUT2D eigenvalue weighted by atomic mass is 35.5. The van der Waals surface area contributed by atoms with Crippen LogP contribution in [-0.2, 0) is 6.42 Å². The molecule has 2 N–H and O–H groups in total. The Kier molecular flexibility index (Phi) is 11.2. The summed E-state index contributed by atoms with van der Waals surface area (Å²) in [7, 11) is 0. The number of hydrogen-bond acceptors (Lipinski definition) is 1. The van der Waals surface area contributed by atoms with E-state index < -0.39 is 0 Å². The number of unbranched alkanes of at least 4 members (excludes halogenated alkanes) is 7. The molecule has 4 heteroatoms. The number of nitrogens with zero attached hydrogens (tertiary/aromatic N) is 1. The minimum Gasteiger partial charge on any atom is -0.387 e. The molecule has 23 heavy (non-hydrogen) atoms. The van der Waals surface area contributed by atoms with Crippen LogP contribution in [-0.4, -0.2) is 12.4 Å². The summed E-state index contributed by atoms with van der Waals surface area (Å²) in [5, 5.41) is 1.19. The lowest BCUT2D eigenvalue weighted by atomic mass is 10.1. The topological polar surface area (TPSA) is 38.4 Å². The predicted molar refractivity (Wildman–Crippen MR) is 104 cm³/mol. The first-order valence-corrected chi connectivity index (χ1v) is 9.61. The van der Waals surface area contributed by atoms with Crippen molar-refractivity contribution in [2.75, 3.05) is 6.54 Å². The van der Waals surface area contributed by atoms with Crippen LogP contribution >= 0.6 is 23.2 Å². The minimum atomic E-state index is 0.590. The van der Waals surface area contributed by atoms with Gasteiger partial charge in [-0.1, -0.05) is 81.1 Å². The highest BCUT2D eigenvalue weighted by molar-refractivity contribution is 6.42. The summed E-state index contributed by atoms with van der Waals surface area (Å²) < 4.78 is 0. The predicted octanol–water partition coefficient (Wildman–Crippen LogP) is 6.42. The van der Waals surface area contributed by atoms with Gasteiger partial charge in [-0.05, 0) is 30.5 Å². The molecule has 0 unspecified atom stereocenters. The maximum atomic E-state index is 6.01. The fourth-order valence-corrected chi connectivity index (χ4v) is 2.84. The van der Waals surface area contributed by atoms with Gasteiger partial charge in [0.2, 0.25) is 0 Å².